The molecule has 0 atom stereocenters. The van der Waals surface area contributed by atoms with Crippen molar-refractivity contribution in [3.8, 4) is 0 Å². The second-order valence-corrected chi connectivity index (χ2v) is 8.45. The summed E-state index contributed by atoms with van der Waals surface area (Å²) in [6.07, 6.45) is 5.63. The quantitative estimate of drug-likeness (QED) is 0.634. The molecule has 3 aromatic rings. The highest BCUT2D eigenvalue weighted by molar-refractivity contribution is 7.89. The predicted molar refractivity (Wildman–Crippen MR) is 95.0 cm³/mol. The first-order chi connectivity index (χ1) is 12.4. The summed E-state index contributed by atoms with van der Waals surface area (Å²) in [4.78, 5) is 21.3. The van der Waals surface area contributed by atoms with Gasteiger partial charge in [0, 0.05) is 23.8 Å². The number of sulfonamides is 1. The van der Waals surface area contributed by atoms with E-state index >= 15 is 0 Å². The number of nitrogens with zero attached hydrogens (tertiary/aromatic N) is 2. The Kier molecular flexibility index (Phi) is 5.45. The maximum atomic E-state index is 12.1. The number of nitrogens with one attached hydrogen (secondary N) is 2. The van der Waals surface area contributed by atoms with Gasteiger partial charge in [-0.3, -0.25) is 9.78 Å². The van der Waals surface area contributed by atoms with Crippen LogP contribution in [0.15, 0.2) is 52.4 Å². The number of aromatic nitrogens is 2. The summed E-state index contributed by atoms with van der Waals surface area (Å²) in [6.45, 7) is 2.35. The van der Waals surface area contributed by atoms with Crippen LogP contribution in [-0.2, 0) is 23.1 Å². The third kappa shape index (κ3) is 4.54. The number of thiazole rings is 1. The number of rotatable bonds is 7. The molecule has 0 radical (unpaired) electrons. The highest BCUT2D eigenvalue weighted by atomic mass is 32.2. The Morgan fingerprint density at radius 2 is 2.04 bits per heavy atom. The molecule has 0 spiro atoms. The number of pyridine rings is 1. The van der Waals surface area contributed by atoms with Crippen LogP contribution in [0.3, 0.4) is 0 Å². The molecule has 0 bridgehead atoms. The van der Waals surface area contributed by atoms with Crippen LogP contribution in [0, 0.1) is 6.92 Å². The van der Waals surface area contributed by atoms with Crippen LogP contribution >= 0.6 is 11.3 Å². The van der Waals surface area contributed by atoms with E-state index in [-0.39, 0.29) is 23.0 Å². The molecule has 0 aliphatic rings. The van der Waals surface area contributed by atoms with Crippen molar-refractivity contribution in [2.24, 2.45) is 0 Å². The lowest BCUT2D eigenvalue weighted by Gasteiger charge is -2.06. The van der Waals surface area contributed by atoms with Crippen LogP contribution in [0.2, 0.25) is 0 Å². The van der Waals surface area contributed by atoms with Crippen molar-refractivity contribution >= 4 is 27.3 Å². The Morgan fingerprint density at radius 3 is 2.65 bits per heavy atom. The smallest absolute Gasteiger partial charge is 0.270 e. The first-order valence-electron chi connectivity index (χ1n) is 7.60. The van der Waals surface area contributed by atoms with Gasteiger partial charge in [-0.2, -0.15) is 0 Å². The third-order valence-corrected chi connectivity index (χ3v) is 5.71. The molecule has 0 aliphatic carbocycles. The van der Waals surface area contributed by atoms with Crippen LogP contribution in [0.1, 0.15) is 25.9 Å². The van der Waals surface area contributed by atoms with E-state index in [1.807, 2.05) is 6.92 Å². The van der Waals surface area contributed by atoms with Gasteiger partial charge < -0.3 is 9.73 Å². The van der Waals surface area contributed by atoms with Gasteiger partial charge in [0.05, 0.1) is 17.8 Å². The van der Waals surface area contributed by atoms with E-state index in [2.05, 4.69) is 20.0 Å². The molecule has 8 nitrogen and oxygen atoms in total. The molecular weight excluding hydrogens is 376 g/mol. The Labute approximate surface area is 154 Å². The monoisotopic (exact) mass is 392 g/mol. The second kappa shape index (κ2) is 7.77. The van der Waals surface area contributed by atoms with E-state index in [4.69, 9.17) is 4.42 Å². The van der Waals surface area contributed by atoms with Crippen molar-refractivity contribution < 1.29 is 17.6 Å². The standard InChI is InChI=1S/C16H16N4O4S2/c1-11-17-8-13(25-11)9-19-16(21)15-3-2-12(6-18-15)7-20-26(22,23)14-4-5-24-10-14/h2-6,8,10,20H,7,9H2,1H3,(H,19,21). The zero-order chi connectivity index (χ0) is 18.6. The molecule has 10 heteroatoms. The highest BCUT2D eigenvalue weighted by Crippen LogP contribution is 2.12. The highest BCUT2D eigenvalue weighted by Gasteiger charge is 2.15. The van der Waals surface area contributed by atoms with Crippen molar-refractivity contribution in [3.05, 3.63) is 64.3 Å². The van der Waals surface area contributed by atoms with Crippen LogP contribution in [0.25, 0.3) is 0 Å². The third-order valence-electron chi connectivity index (χ3n) is 3.42. The van der Waals surface area contributed by atoms with E-state index in [1.54, 1.807) is 18.3 Å². The fourth-order valence-corrected chi connectivity index (χ4v) is 3.75. The van der Waals surface area contributed by atoms with E-state index in [0.29, 0.717) is 12.1 Å². The Bertz CT molecular complexity index is 980. The number of amides is 1. The van der Waals surface area contributed by atoms with Gasteiger partial charge in [0.15, 0.2) is 0 Å². The maximum Gasteiger partial charge on any atom is 0.270 e. The van der Waals surface area contributed by atoms with Gasteiger partial charge in [-0.1, -0.05) is 6.07 Å². The van der Waals surface area contributed by atoms with Crippen molar-refractivity contribution in [2.75, 3.05) is 0 Å². The van der Waals surface area contributed by atoms with Gasteiger partial charge in [-0.05, 0) is 24.6 Å². The molecule has 0 fully saturated rings. The predicted octanol–water partition coefficient (Wildman–Crippen LogP) is 1.85. The van der Waals surface area contributed by atoms with Gasteiger partial charge in [0.25, 0.3) is 5.91 Å². The van der Waals surface area contributed by atoms with Crippen molar-refractivity contribution in [1.82, 2.24) is 20.0 Å². The second-order valence-electron chi connectivity index (χ2n) is 5.36. The molecular formula is C16H16N4O4S2. The minimum absolute atomic E-state index is 0.0553. The Balaban J connectivity index is 1.55. The number of aryl methyl sites for hydroxylation is 1. The number of carbonyl (C=O) groups is 1. The van der Waals surface area contributed by atoms with Crippen LogP contribution in [-0.4, -0.2) is 24.3 Å². The van der Waals surface area contributed by atoms with Crippen LogP contribution < -0.4 is 10.0 Å². The summed E-state index contributed by atoms with van der Waals surface area (Å²) in [5.74, 6) is -0.304. The lowest BCUT2D eigenvalue weighted by Crippen LogP contribution is -2.24. The largest absolute Gasteiger partial charge is 0.471 e. The fourth-order valence-electron chi connectivity index (χ4n) is 2.07. The lowest BCUT2D eigenvalue weighted by atomic mass is 10.2. The number of hydrogen-bond donors (Lipinski definition) is 2. The first kappa shape index (κ1) is 18.2. The summed E-state index contributed by atoms with van der Waals surface area (Å²) in [5.41, 5.74) is 0.888. The molecule has 0 aromatic carbocycles. The zero-order valence-corrected chi connectivity index (χ0v) is 15.4. The summed E-state index contributed by atoms with van der Waals surface area (Å²) in [5, 5.41) is 3.71. The molecule has 136 valence electrons. The van der Waals surface area contributed by atoms with E-state index < -0.39 is 10.0 Å². The summed E-state index contributed by atoms with van der Waals surface area (Å²) >= 11 is 1.52. The average molecular weight is 392 g/mol. The molecule has 3 rings (SSSR count). The van der Waals surface area contributed by atoms with Crippen molar-refractivity contribution in [2.45, 2.75) is 24.9 Å². The molecule has 0 saturated heterocycles. The SMILES string of the molecule is Cc1ncc(CNC(=O)c2ccc(CNS(=O)(=O)c3ccoc3)cn2)s1. The van der Waals surface area contributed by atoms with Crippen molar-refractivity contribution in [1.29, 1.82) is 0 Å². The van der Waals surface area contributed by atoms with Gasteiger partial charge in [0.1, 0.15) is 16.9 Å². The van der Waals surface area contributed by atoms with Crippen LogP contribution in [0.5, 0.6) is 0 Å². The Morgan fingerprint density at radius 1 is 1.19 bits per heavy atom. The molecule has 3 heterocycles. The number of carbonyl (C=O) groups excluding carboxylic acids is 1. The summed E-state index contributed by atoms with van der Waals surface area (Å²) in [6, 6.07) is 4.56. The average Bonchev–Trinajstić information content (AvgIpc) is 3.30. The van der Waals surface area contributed by atoms with E-state index in [1.165, 1.54) is 29.9 Å². The van der Waals surface area contributed by atoms with Crippen LogP contribution in [0.4, 0.5) is 0 Å². The molecule has 0 unspecified atom stereocenters. The zero-order valence-electron chi connectivity index (χ0n) is 13.8. The number of furan rings is 1. The Hall–Kier alpha value is -2.56. The lowest BCUT2D eigenvalue weighted by molar-refractivity contribution is 0.0946. The summed E-state index contributed by atoms with van der Waals surface area (Å²) in [7, 11) is -3.63. The first-order valence-corrected chi connectivity index (χ1v) is 9.90. The molecule has 3 aromatic heterocycles. The van der Waals surface area contributed by atoms with Gasteiger partial charge >= 0.3 is 0 Å². The van der Waals surface area contributed by atoms with E-state index in [9.17, 15) is 13.2 Å². The summed E-state index contributed by atoms with van der Waals surface area (Å²) < 4.78 is 31.2. The number of hydrogen-bond acceptors (Lipinski definition) is 7. The van der Waals surface area contributed by atoms with E-state index in [0.717, 1.165) is 16.1 Å². The topological polar surface area (TPSA) is 114 Å². The van der Waals surface area contributed by atoms with Crippen molar-refractivity contribution in [3.63, 3.8) is 0 Å². The van der Waals surface area contributed by atoms with Gasteiger partial charge in [-0.15, -0.1) is 11.3 Å². The molecule has 26 heavy (non-hydrogen) atoms. The van der Waals surface area contributed by atoms with Gasteiger partial charge in [-0.25, -0.2) is 18.1 Å². The molecule has 2 N–H and O–H groups in total. The molecule has 0 aliphatic heterocycles. The fraction of sp³-hybridized carbons (Fsp3) is 0.188. The minimum Gasteiger partial charge on any atom is -0.471 e. The minimum atomic E-state index is -3.63. The molecule has 0 saturated carbocycles. The normalized spacial score (nSPS) is 11.4. The maximum absolute atomic E-state index is 12.1. The van der Waals surface area contributed by atoms with Gasteiger partial charge in [0.2, 0.25) is 10.0 Å². The molecule has 1 amide bonds.